The largest absolute Gasteiger partial charge is 0.494 e. The summed E-state index contributed by atoms with van der Waals surface area (Å²) in [6, 6.07) is 3.21. The fraction of sp³-hybridized carbons (Fsp3) is 0.300. The molecular formula is C10H10FNO2. The van der Waals surface area contributed by atoms with Crippen molar-refractivity contribution >= 4 is 6.08 Å². The van der Waals surface area contributed by atoms with Crippen molar-refractivity contribution in [2.75, 3.05) is 7.11 Å². The van der Waals surface area contributed by atoms with E-state index in [9.17, 15) is 9.18 Å². The highest BCUT2D eigenvalue weighted by molar-refractivity contribution is 5.38. The molecule has 0 atom stereocenters. The van der Waals surface area contributed by atoms with Gasteiger partial charge in [-0.15, -0.1) is 0 Å². The van der Waals surface area contributed by atoms with E-state index >= 15 is 0 Å². The van der Waals surface area contributed by atoms with E-state index in [2.05, 4.69) is 4.99 Å². The first-order valence-electron chi connectivity index (χ1n) is 4.05. The summed E-state index contributed by atoms with van der Waals surface area (Å²) in [5, 5.41) is 0. The summed E-state index contributed by atoms with van der Waals surface area (Å²) >= 11 is 0. The Kier molecular flexibility index (Phi) is 3.37. The number of aryl methyl sites for hydroxylation is 1. The third-order valence-corrected chi connectivity index (χ3v) is 1.79. The molecule has 0 bridgehead atoms. The Morgan fingerprint density at radius 3 is 2.86 bits per heavy atom. The first-order valence-corrected chi connectivity index (χ1v) is 4.05. The molecule has 0 aromatic heterocycles. The van der Waals surface area contributed by atoms with Crippen LogP contribution < -0.4 is 4.74 Å². The van der Waals surface area contributed by atoms with Crippen molar-refractivity contribution in [3.63, 3.8) is 0 Å². The zero-order valence-electron chi connectivity index (χ0n) is 8.00. The van der Waals surface area contributed by atoms with E-state index in [4.69, 9.17) is 4.74 Å². The smallest absolute Gasteiger partial charge is 0.235 e. The van der Waals surface area contributed by atoms with E-state index in [1.807, 2.05) is 6.92 Å². The third-order valence-electron chi connectivity index (χ3n) is 1.79. The van der Waals surface area contributed by atoms with Gasteiger partial charge in [-0.3, -0.25) is 0 Å². The SMILES string of the molecule is COc1cc(C)cc(CN=C=O)c1F. The minimum atomic E-state index is -0.475. The van der Waals surface area contributed by atoms with Gasteiger partial charge in [0.1, 0.15) is 0 Å². The molecule has 0 aliphatic heterocycles. The standard InChI is InChI=1S/C10H10FNO2/c1-7-3-8(5-12-6-13)10(11)9(4-7)14-2/h3-4H,5H2,1-2H3. The number of benzene rings is 1. The number of aliphatic imine (C=N–C) groups is 1. The second-order valence-electron chi connectivity index (χ2n) is 2.85. The number of hydrogen-bond donors (Lipinski definition) is 0. The number of nitrogens with zero attached hydrogens (tertiary/aromatic N) is 1. The number of halogens is 1. The summed E-state index contributed by atoms with van der Waals surface area (Å²) in [5.41, 5.74) is 1.20. The minimum Gasteiger partial charge on any atom is -0.494 e. The van der Waals surface area contributed by atoms with Crippen molar-refractivity contribution in [3.8, 4) is 5.75 Å². The molecule has 4 heteroatoms. The summed E-state index contributed by atoms with van der Waals surface area (Å²) < 4.78 is 18.3. The predicted molar refractivity (Wildman–Crippen MR) is 49.5 cm³/mol. The molecule has 0 fully saturated rings. The van der Waals surface area contributed by atoms with Crippen LogP contribution in [0.1, 0.15) is 11.1 Å². The number of ether oxygens (including phenoxy) is 1. The van der Waals surface area contributed by atoms with E-state index in [0.29, 0.717) is 5.56 Å². The third kappa shape index (κ3) is 2.18. The van der Waals surface area contributed by atoms with Crippen LogP contribution in [0.15, 0.2) is 17.1 Å². The number of isocyanates is 1. The molecule has 1 aromatic carbocycles. The molecular weight excluding hydrogens is 185 g/mol. The van der Waals surface area contributed by atoms with Crippen molar-refractivity contribution in [2.45, 2.75) is 13.5 Å². The van der Waals surface area contributed by atoms with Crippen molar-refractivity contribution in [1.82, 2.24) is 0 Å². The maximum atomic E-state index is 13.5. The van der Waals surface area contributed by atoms with Crippen LogP contribution in [0.3, 0.4) is 0 Å². The fourth-order valence-electron chi connectivity index (χ4n) is 1.19. The highest BCUT2D eigenvalue weighted by Crippen LogP contribution is 2.22. The van der Waals surface area contributed by atoms with Gasteiger partial charge in [-0.25, -0.2) is 14.2 Å². The number of hydrogen-bond acceptors (Lipinski definition) is 3. The molecule has 0 saturated carbocycles. The van der Waals surface area contributed by atoms with E-state index in [-0.39, 0.29) is 12.3 Å². The first kappa shape index (κ1) is 10.4. The Morgan fingerprint density at radius 1 is 1.57 bits per heavy atom. The maximum absolute atomic E-state index is 13.5. The van der Waals surface area contributed by atoms with Gasteiger partial charge in [0.25, 0.3) is 0 Å². The summed E-state index contributed by atoms with van der Waals surface area (Å²) in [7, 11) is 1.39. The van der Waals surface area contributed by atoms with Crippen LogP contribution in [0.25, 0.3) is 0 Å². The Hall–Kier alpha value is -1.67. The average Bonchev–Trinajstić information content (AvgIpc) is 2.18. The minimum absolute atomic E-state index is 0.00657. The van der Waals surface area contributed by atoms with E-state index < -0.39 is 5.82 Å². The Balaban J connectivity index is 3.14. The van der Waals surface area contributed by atoms with Gasteiger partial charge in [-0.1, -0.05) is 6.07 Å². The lowest BCUT2D eigenvalue weighted by molar-refractivity contribution is 0.384. The van der Waals surface area contributed by atoms with Gasteiger partial charge >= 0.3 is 0 Å². The second kappa shape index (κ2) is 4.53. The molecule has 0 heterocycles. The normalized spacial score (nSPS) is 9.36. The molecule has 0 radical (unpaired) electrons. The number of rotatable bonds is 3. The molecule has 0 aliphatic carbocycles. The number of carbonyl (C=O) groups excluding carboxylic acids is 1. The second-order valence-corrected chi connectivity index (χ2v) is 2.85. The molecule has 3 nitrogen and oxygen atoms in total. The van der Waals surface area contributed by atoms with Gasteiger partial charge in [0, 0.05) is 5.56 Å². The molecule has 0 amide bonds. The number of methoxy groups -OCH3 is 1. The van der Waals surface area contributed by atoms with Crippen molar-refractivity contribution in [2.24, 2.45) is 4.99 Å². The molecule has 0 saturated heterocycles. The molecule has 1 rings (SSSR count). The molecule has 0 N–H and O–H groups in total. The Labute approximate surface area is 81.2 Å². The van der Waals surface area contributed by atoms with E-state index in [0.717, 1.165) is 5.56 Å². The van der Waals surface area contributed by atoms with Crippen molar-refractivity contribution in [3.05, 3.63) is 29.1 Å². The van der Waals surface area contributed by atoms with Gasteiger partial charge in [0.05, 0.1) is 13.7 Å². The average molecular weight is 195 g/mol. The summed E-state index contributed by atoms with van der Waals surface area (Å²) in [6.07, 6.45) is 1.37. The molecule has 74 valence electrons. The van der Waals surface area contributed by atoms with Gasteiger partial charge in [0.2, 0.25) is 6.08 Å². The van der Waals surface area contributed by atoms with E-state index in [1.165, 1.54) is 13.2 Å². The van der Waals surface area contributed by atoms with Gasteiger partial charge in [-0.2, -0.15) is 0 Å². The lowest BCUT2D eigenvalue weighted by Crippen LogP contribution is -1.95. The summed E-state index contributed by atoms with van der Waals surface area (Å²) in [4.78, 5) is 13.2. The topological polar surface area (TPSA) is 38.7 Å². The predicted octanol–water partition coefficient (Wildman–Crippen LogP) is 1.98. The van der Waals surface area contributed by atoms with Gasteiger partial charge in [-0.05, 0) is 18.6 Å². The quantitative estimate of drug-likeness (QED) is 0.546. The maximum Gasteiger partial charge on any atom is 0.235 e. The zero-order valence-corrected chi connectivity index (χ0v) is 8.00. The first-order chi connectivity index (χ1) is 6.69. The van der Waals surface area contributed by atoms with Crippen LogP contribution in [0.4, 0.5) is 4.39 Å². The van der Waals surface area contributed by atoms with Crippen LogP contribution in [0, 0.1) is 12.7 Å². The van der Waals surface area contributed by atoms with Crippen molar-refractivity contribution < 1.29 is 13.9 Å². The van der Waals surface area contributed by atoms with Gasteiger partial charge < -0.3 is 4.74 Å². The lowest BCUT2D eigenvalue weighted by Gasteiger charge is -2.06. The zero-order chi connectivity index (χ0) is 10.6. The molecule has 14 heavy (non-hydrogen) atoms. The lowest BCUT2D eigenvalue weighted by atomic mass is 10.1. The molecule has 0 aliphatic rings. The van der Waals surface area contributed by atoms with Gasteiger partial charge in [0.15, 0.2) is 11.6 Å². The van der Waals surface area contributed by atoms with Crippen LogP contribution in [0.5, 0.6) is 5.75 Å². The Morgan fingerprint density at radius 2 is 2.29 bits per heavy atom. The van der Waals surface area contributed by atoms with Crippen LogP contribution in [-0.2, 0) is 11.3 Å². The van der Waals surface area contributed by atoms with Crippen LogP contribution in [0.2, 0.25) is 0 Å². The Bertz CT molecular complexity index is 384. The highest BCUT2D eigenvalue weighted by atomic mass is 19.1. The highest BCUT2D eigenvalue weighted by Gasteiger charge is 2.09. The summed E-state index contributed by atoms with van der Waals surface area (Å²) in [5.74, 6) is -0.307. The molecule has 0 spiro atoms. The molecule has 1 aromatic rings. The van der Waals surface area contributed by atoms with Crippen LogP contribution in [-0.4, -0.2) is 13.2 Å². The van der Waals surface area contributed by atoms with Crippen LogP contribution >= 0.6 is 0 Å². The van der Waals surface area contributed by atoms with Crippen molar-refractivity contribution in [1.29, 1.82) is 0 Å². The monoisotopic (exact) mass is 195 g/mol. The fourth-order valence-corrected chi connectivity index (χ4v) is 1.19. The van der Waals surface area contributed by atoms with E-state index in [1.54, 1.807) is 12.1 Å². The summed E-state index contributed by atoms with van der Waals surface area (Å²) in [6.45, 7) is 1.81. The molecule has 0 unspecified atom stereocenters.